The number of hydrogen-bond acceptors (Lipinski definition) is 1. The predicted octanol–water partition coefficient (Wildman–Crippen LogP) is 4.69. The number of nitrogens with zero attached hydrogens (tertiary/aromatic N) is 1. The quantitative estimate of drug-likeness (QED) is 0.703. The van der Waals surface area contributed by atoms with Crippen molar-refractivity contribution in [1.29, 1.82) is 0 Å². The Balaban J connectivity index is 1.73. The van der Waals surface area contributed by atoms with Gasteiger partial charge in [0.15, 0.2) is 0 Å². The summed E-state index contributed by atoms with van der Waals surface area (Å²) in [5, 5.41) is 0. The van der Waals surface area contributed by atoms with Crippen molar-refractivity contribution < 1.29 is 0 Å². The van der Waals surface area contributed by atoms with Gasteiger partial charge in [0.2, 0.25) is 0 Å². The van der Waals surface area contributed by atoms with Crippen LogP contribution in [-0.4, -0.2) is 6.21 Å². The molecule has 2 aliphatic carbocycles. The first-order valence-electron chi connectivity index (χ1n) is 7.45. The van der Waals surface area contributed by atoms with Crippen molar-refractivity contribution in [3.05, 3.63) is 95.6 Å². The Morgan fingerprint density at radius 3 is 2.33 bits per heavy atom. The highest BCUT2D eigenvalue weighted by Gasteiger charge is 2.37. The number of benzene rings is 2. The maximum atomic E-state index is 4.91. The SMILES string of the molecule is C1=CC2c3ccccc3C(N=Cc3ccccc3)C2C=C1. The highest BCUT2D eigenvalue weighted by atomic mass is 14.8. The molecule has 2 aliphatic rings. The third kappa shape index (κ3) is 2.15. The minimum Gasteiger partial charge on any atom is -0.284 e. The average Bonchev–Trinajstić information content (AvgIpc) is 2.88. The molecular weight excluding hydrogens is 254 g/mol. The summed E-state index contributed by atoms with van der Waals surface area (Å²) in [5.74, 6) is 0.927. The van der Waals surface area contributed by atoms with Gasteiger partial charge in [-0.2, -0.15) is 0 Å². The fraction of sp³-hybridized carbons (Fsp3) is 0.150. The third-order valence-electron chi connectivity index (χ3n) is 4.40. The zero-order valence-electron chi connectivity index (χ0n) is 11.8. The van der Waals surface area contributed by atoms with Gasteiger partial charge in [0.05, 0.1) is 6.04 Å². The van der Waals surface area contributed by atoms with Gasteiger partial charge in [0.1, 0.15) is 0 Å². The Morgan fingerprint density at radius 2 is 1.48 bits per heavy atom. The molecule has 2 aromatic carbocycles. The Hall–Kier alpha value is -2.41. The van der Waals surface area contributed by atoms with Crippen LogP contribution in [0.3, 0.4) is 0 Å². The average molecular weight is 271 g/mol. The summed E-state index contributed by atoms with van der Waals surface area (Å²) in [6, 6.07) is 19.3. The lowest BCUT2D eigenvalue weighted by atomic mass is 9.87. The van der Waals surface area contributed by atoms with Crippen LogP contribution in [0, 0.1) is 5.92 Å². The van der Waals surface area contributed by atoms with E-state index in [4.69, 9.17) is 4.99 Å². The minimum atomic E-state index is 0.229. The lowest BCUT2D eigenvalue weighted by Crippen LogP contribution is -2.09. The summed E-state index contributed by atoms with van der Waals surface area (Å²) in [7, 11) is 0. The highest BCUT2D eigenvalue weighted by molar-refractivity contribution is 5.79. The topological polar surface area (TPSA) is 12.4 Å². The smallest absolute Gasteiger partial charge is 0.0823 e. The first-order chi connectivity index (χ1) is 10.4. The van der Waals surface area contributed by atoms with Gasteiger partial charge in [-0.25, -0.2) is 0 Å². The van der Waals surface area contributed by atoms with E-state index in [2.05, 4.69) is 72.8 Å². The second-order valence-corrected chi connectivity index (χ2v) is 5.64. The van der Waals surface area contributed by atoms with E-state index in [0.29, 0.717) is 11.8 Å². The number of aliphatic imine (C=N–C) groups is 1. The zero-order chi connectivity index (χ0) is 14.1. The Bertz CT molecular complexity index is 725. The molecule has 0 aromatic heterocycles. The van der Waals surface area contributed by atoms with Gasteiger partial charge < -0.3 is 0 Å². The van der Waals surface area contributed by atoms with E-state index in [9.17, 15) is 0 Å². The molecular formula is C20H17N. The lowest BCUT2D eigenvalue weighted by molar-refractivity contribution is 0.529. The second kappa shape index (κ2) is 5.17. The fourth-order valence-corrected chi connectivity index (χ4v) is 3.41. The van der Waals surface area contributed by atoms with E-state index in [1.165, 1.54) is 11.1 Å². The molecule has 4 rings (SSSR count). The fourth-order valence-electron chi connectivity index (χ4n) is 3.41. The second-order valence-electron chi connectivity index (χ2n) is 5.64. The monoisotopic (exact) mass is 271 g/mol. The normalized spacial score (nSPS) is 26.0. The summed E-state index contributed by atoms with van der Waals surface area (Å²) in [6.07, 6.45) is 10.9. The third-order valence-corrected chi connectivity index (χ3v) is 4.40. The molecule has 102 valence electrons. The van der Waals surface area contributed by atoms with Crippen LogP contribution < -0.4 is 0 Å². The first kappa shape index (κ1) is 12.3. The van der Waals surface area contributed by atoms with E-state index in [0.717, 1.165) is 5.56 Å². The molecule has 3 atom stereocenters. The molecule has 0 heterocycles. The van der Waals surface area contributed by atoms with Crippen LogP contribution in [-0.2, 0) is 0 Å². The highest BCUT2D eigenvalue weighted by Crippen LogP contribution is 2.49. The first-order valence-corrected chi connectivity index (χ1v) is 7.45. The molecule has 0 aliphatic heterocycles. The van der Waals surface area contributed by atoms with Crippen LogP contribution in [0.5, 0.6) is 0 Å². The maximum absolute atomic E-state index is 4.91. The van der Waals surface area contributed by atoms with Crippen LogP contribution in [0.15, 0.2) is 83.9 Å². The zero-order valence-corrected chi connectivity index (χ0v) is 11.8. The Morgan fingerprint density at radius 1 is 0.762 bits per heavy atom. The number of fused-ring (bicyclic) bond motifs is 3. The van der Waals surface area contributed by atoms with Crippen molar-refractivity contribution >= 4 is 6.21 Å². The number of rotatable bonds is 2. The molecule has 0 N–H and O–H groups in total. The molecule has 0 saturated heterocycles. The molecule has 0 amide bonds. The Labute approximate surface area is 125 Å². The summed E-state index contributed by atoms with van der Waals surface area (Å²) >= 11 is 0. The molecule has 0 bridgehead atoms. The van der Waals surface area contributed by atoms with Gasteiger partial charge in [0, 0.05) is 18.1 Å². The standard InChI is InChI=1S/C20H17N/c1-2-8-15(9-3-1)14-21-20-18-12-6-4-10-16(18)17-11-5-7-13-19(17)20/h1-14,16,18,20H. The summed E-state index contributed by atoms with van der Waals surface area (Å²) in [5.41, 5.74) is 3.96. The lowest BCUT2D eigenvalue weighted by Gasteiger charge is -2.19. The van der Waals surface area contributed by atoms with E-state index in [1.54, 1.807) is 0 Å². The van der Waals surface area contributed by atoms with Crippen molar-refractivity contribution in [2.24, 2.45) is 10.9 Å². The minimum absolute atomic E-state index is 0.229. The van der Waals surface area contributed by atoms with Crippen molar-refractivity contribution in [2.45, 2.75) is 12.0 Å². The largest absolute Gasteiger partial charge is 0.284 e. The Kier molecular flexibility index (Phi) is 3.04. The van der Waals surface area contributed by atoms with Gasteiger partial charge in [0.25, 0.3) is 0 Å². The molecule has 0 fully saturated rings. The molecule has 0 radical (unpaired) electrons. The van der Waals surface area contributed by atoms with Crippen LogP contribution in [0.25, 0.3) is 0 Å². The van der Waals surface area contributed by atoms with Gasteiger partial charge >= 0.3 is 0 Å². The predicted molar refractivity (Wildman–Crippen MR) is 87.7 cm³/mol. The van der Waals surface area contributed by atoms with E-state index in [1.807, 2.05) is 12.3 Å². The van der Waals surface area contributed by atoms with Gasteiger partial charge in [-0.05, 0) is 16.7 Å². The molecule has 0 spiro atoms. The summed E-state index contributed by atoms with van der Waals surface area (Å²) in [4.78, 5) is 4.91. The van der Waals surface area contributed by atoms with Crippen molar-refractivity contribution in [2.75, 3.05) is 0 Å². The molecule has 2 aromatic rings. The molecule has 1 heteroatoms. The van der Waals surface area contributed by atoms with Gasteiger partial charge in [-0.15, -0.1) is 0 Å². The van der Waals surface area contributed by atoms with Gasteiger partial charge in [-0.3, -0.25) is 4.99 Å². The van der Waals surface area contributed by atoms with Crippen molar-refractivity contribution in [3.8, 4) is 0 Å². The molecule has 0 saturated carbocycles. The van der Waals surface area contributed by atoms with E-state index < -0.39 is 0 Å². The van der Waals surface area contributed by atoms with Crippen LogP contribution in [0.2, 0.25) is 0 Å². The summed E-state index contributed by atoms with van der Waals surface area (Å²) < 4.78 is 0. The summed E-state index contributed by atoms with van der Waals surface area (Å²) in [6.45, 7) is 0. The molecule has 3 unspecified atom stereocenters. The van der Waals surface area contributed by atoms with E-state index in [-0.39, 0.29) is 6.04 Å². The van der Waals surface area contributed by atoms with E-state index >= 15 is 0 Å². The molecule has 21 heavy (non-hydrogen) atoms. The number of hydrogen-bond donors (Lipinski definition) is 0. The van der Waals surface area contributed by atoms with Crippen LogP contribution in [0.4, 0.5) is 0 Å². The van der Waals surface area contributed by atoms with Crippen molar-refractivity contribution in [3.63, 3.8) is 0 Å². The van der Waals surface area contributed by atoms with Crippen LogP contribution in [0.1, 0.15) is 28.7 Å². The molecule has 1 nitrogen and oxygen atoms in total. The number of allylic oxidation sites excluding steroid dienone is 3. The van der Waals surface area contributed by atoms with Gasteiger partial charge in [-0.1, -0.05) is 78.9 Å². The van der Waals surface area contributed by atoms with Crippen LogP contribution >= 0.6 is 0 Å². The van der Waals surface area contributed by atoms with Crippen molar-refractivity contribution in [1.82, 2.24) is 0 Å². The maximum Gasteiger partial charge on any atom is 0.0823 e.